The van der Waals surface area contributed by atoms with Crippen LogP contribution in [0.5, 0.6) is 0 Å². The van der Waals surface area contributed by atoms with E-state index < -0.39 is 17.7 Å². The average molecular weight is 257 g/mol. The van der Waals surface area contributed by atoms with E-state index >= 15 is 0 Å². The van der Waals surface area contributed by atoms with Crippen LogP contribution in [0.25, 0.3) is 0 Å². The summed E-state index contributed by atoms with van der Waals surface area (Å²) in [7, 11) is 1.95. The fourth-order valence-corrected chi connectivity index (χ4v) is 1.99. The highest BCUT2D eigenvalue weighted by molar-refractivity contribution is 5.21. The first kappa shape index (κ1) is 15.1. The van der Waals surface area contributed by atoms with Gasteiger partial charge in [-0.3, -0.25) is 0 Å². The Hall–Kier alpha value is -1.00. The van der Waals surface area contributed by atoms with Crippen LogP contribution in [0.3, 0.4) is 0 Å². The van der Waals surface area contributed by atoms with Crippen LogP contribution in [0.4, 0.5) is 8.78 Å². The fourth-order valence-electron chi connectivity index (χ4n) is 1.99. The highest BCUT2D eigenvalue weighted by atomic mass is 19.2. The van der Waals surface area contributed by atoms with Crippen LogP contribution in [0.15, 0.2) is 18.2 Å². The summed E-state index contributed by atoms with van der Waals surface area (Å²) in [4.78, 5) is 2.07. The third kappa shape index (κ3) is 4.35. The van der Waals surface area contributed by atoms with Gasteiger partial charge in [0.05, 0.1) is 6.10 Å². The Kier molecular flexibility index (Phi) is 5.69. The predicted octanol–water partition coefficient (Wildman–Crippen LogP) is 2.98. The maximum Gasteiger partial charge on any atom is 0.164 e. The number of rotatable bonds is 6. The Bertz CT molecular complexity index is 382. The van der Waals surface area contributed by atoms with E-state index in [2.05, 4.69) is 18.7 Å². The molecule has 0 fully saturated rings. The number of hydrogen-bond acceptors (Lipinski definition) is 2. The molecule has 2 nitrogen and oxygen atoms in total. The molecule has 1 N–H and O–H groups in total. The zero-order valence-corrected chi connectivity index (χ0v) is 11.2. The van der Waals surface area contributed by atoms with Crippen molar-refractivity contribution in [3.05, 3.63) is 35.4 Å². The van der Waals surface area contributed by atoms with Gasteiger partial charge in [-0.2, -0.15) is 0 Å². The normalized spacial score (nSPS) is 13.3. The van der Waals surface area contributed by atoms with Gasteiger partial charge in [-0.25, -0.2) is 8.78 Å². The molecule has 1 aromatic carbocycles. The van der Waals surface area contributed by atoms with E-state index in [0.717, 1.165) is 12.6 Å². The van der Waals surface area contributed by atoms with E-state index in [0.29, 0.717) is 18.9 Å². The number of halogens is 2. The quantitative estimate of drug-likeness (QED) is 0.847. The summed E-state index contributed by atoms with van der Waals surface area (Å²) in [6.45, 7) is 5.78. The van der Waals surface area contributed by atoms with E-state index in [1.807, 2.05) is 7.05 Å². The third-order valence-electron chi connectivity index (χ3n) is 2.80. The topological polar surface area (TPSA) is 23.5 Å². The molecule has 0 saturated carbocycles. The molecule has 0 radical (unpaired) electrons. The van der Waals surface area contributed by atoms with E-state index in [9.17, 15) is 13.9 Å². The molecule has 0 spiro atoms. The van der Waals surface area contributed by atoms with Gasteiger partial charge < -0.3 is 10.0 Å². The smallest absolute Gasteiger partial charge is 0.164 e. The minimum Gasteiger partial charge on any atom is -0.388 e. The number of nitrogens with zero attached hydrogens (tertiary/aromatic N) is 1. The van der Waals surface area contributed by atoms with Crippen LogP contribution in [0.1, 0.15) is 31.9 Å². The van der Waals surface area contributed by atoms with E-state index in [1.165, 1.54) is 12.1 Å². The second-order valence-electron chi connectivity index (χ2n) is 5.10. The molecule has 4 heteroatoms. The number of benzene rings is 1. The molecule has 102 valence electrons. The molecule has 0 saturated heterocycles. The Balaban J connectivity index is 2.55. The Morgan fingerprint density at radius 1 is 1.28 bits per heavy atom. The molecule has 0 aliphatic carbocycles. The molecule has 0 aliphatic heterocycles. The van der Waals surface area contributed by atoms with Gasteiger partial charge in [0.1, 0.15) is 0 Å². The molecule has 1 aromatic rings. The van der Waals surface area contributed by atoms with Gasteiger partial charge >= 0.3 is 0 Å². The largest absolute Gasteiger partial charge is 0.388 e. The van der Waals surface area contributed by atoms with Gasteiger partial charge in [-0.05, 0) is 25.5 Å². The number of aliphatic hydroxyl groups is 1. The average Bonchev–Trinajstić information content (AvgIpc) is 2.29. The second-order valence-corrected chi connectivity index (χ2v) is 5.10. The predicted molar refractivity (Wildman–Crippen MR) is 68.3 cm³/mol. The lowest BCUT2D eigenvalue weighted by atomic mass is 10.1. The van der Waals surface area contributed by atoms with Crippen LogP contribution < -0.4 is 0 Å². The maximum absolute atomic E-state index is 13.4. The molecule has 18 heavy (non-hydrogen) atoms. The molecule has 0 aromatic heterocycles. The Morgan fingerprint density at radius 2 is 1.94 bits per heavy atom. The summed E-state index contributed by atoms with van der Waals surface area (Å²) in [5.74, 6) is -1.32. The summed E-state index contributed by atoms with van der Waals surface area (Å²) < 4.78 is 26.5. The van der Waals surface area contributed by atoms with Gasteiger partial charge in [0, 0.05) is 18.7 Å². The molecule has 0 amide bonds. The van der Waals surface area contributed by atoms with E-state index in [1.54, 1.807) is 0 Å². The van der Waals surface area contributed by atoms with Gasteiger partial charge in [0.2, 0.25) is 0 Å². The van der Waals surface area contributed by atoms with Crippen molar-refractivity contribution in [2.45, 2.75) is 26.4 Å². The van der Waals surface area contributed by atoms with Crippen molar-refractivity contribution in [2.75, 3.05) is 20.1 Å². The van der Waals surface area contributed by atoms with E-state index in [4.69, 9.17) is 0 Å². The standard InChI is InChI=1S/C14H21F2NO/c1-10(2)9-17(3)8-7-13(18)11-5-4-6-12(15)14(11)16/h4-6,10,13,18H,7-9H2,1-3H3. The first-order valence-electron chi connectivity index (χ1n) is 6.22. The van der Waals surface area contributed by atoms with Crippen LogP contribution in [-0.4, -0.2) is 30.1 Å². The number of aliphatic hydroxyl groups excluding tert-OH is 1. The van der Waals surface area contributed by atoms with Gasteiger partial charge in [0.25, 0.3) is 0 Å². The van der Waals surface area contributed by atoms with E-state index in [-0.39, 0.29) is 5.56 Å². The van der Waals surface area contributed by atoms with Gasteiger partial charge in [-0.1, -0.05) is 26.0 Å². The molecule has 1 rings (SSSR count). The monoisotopic (exact) mass is 257 g/mol. The summed E-state index contributed by atoms with van der Waals surface area (Å²) in [5.41, 5.74) is 0.0351. The summed E-state index contributed by atoms with van der Waals surface area (Å²) >= 11 is 0. The van der Waals surface area contributed by atoms with Crippen molar-refractivity contribution in [1.82, 2.24) is 4.90 Å². The van der Waals surface area contributed by atoms with Crippen LogP contribution >= 0.6 is 0 Å². The zero-order chi connectivity index (χ0) is 13.7. The lowest BCUT2D eigenvalue weighted by Crippen LogP contribution is -2.25. The highest BCUT2D eigenvalue weighted by Gasteiger charge is 2.16. The molecular weight excluding hydrogens is 236 g/mol. The SMILES string of the molecule is CC(C)CN(C)CCC(O)c1cccc(F)c1F. The van der Waals surface area contributed by atoms with Gasteiger partial charge in [0.15, 0.2) is 11.6 Å². The molecular formula is C14H21F2NO. The zero-order valence-electron chi connectivity index (χ0n) is 11.2. The molecule has 0 aliphatic rings. The van der Waals surface area contributed by atoms with Crippen LogP contribution in [0.2, 0.25) is 0 Å². The first-order chi connectivity index (χ1) is 8.41. The molecule has 0 bridgehead atoms. The minimum absolute atomic E-state index is 0.0351. The fraction of sp³-hybridized carbons (Fsp3) is 0.571. The second kappa shape index (κ2) is 6.81. The van der Waals surface area contributed by atoms with Crippen LogP contribution in [0, 0.1) is 17.6 Å². The van der Waals surface area contributed by atoms with Crippen LogP contribution in [-0.2, 0) is 0 Å². The minimum atomic E-state index is -0.963. The first-order valence-corrected chi connectivity index (χ1v) is 6.22. The number of hydrogen-bond donors (Lipinski definition) is 1. The van der Waals surface area contributed by atoms with Crippen molar-refractivity contribution < 1.29 is 13.9 Å². The Morgan fingerprint density at radius 3 is 2.56 bits per heavy atom. The lowest BCUT2D eigenvalue weighted by Gasteiger charge is -2.21. The molecule has 1 atom stereocenters. The third-order valence-corrected chi connectivity index (χ3v) is 2.80. The van der Waals surface area contributed by atoms with Crippen molar-refractivity contribution >= 4 is 0 Å². The lowest BCUT2D eigenvalue weighted by molar-refractivity contribution is 0.141. The summed E-state index contributed by atoms with van der Waals surface area (Å²) in [5, 5.41) is 9.88. The summed E-state index contributed by atoms with van der Waals surface area (Å²) in [6, 6.07) is 3.89. The highest BCUT2D eigenvalue weighted by Crippen LogP contribution is 2.22. The van der Waals surface area contributed by atoms with Crippen molar-refractivity contribution in [2.24, 2.45) is 5.92 Å². The van der Waals surface area contributed by atoms with Gasteiger partial charge in [-0.15, -0.1) is 0 Å². The van der Waals surface area contributed by atoms with Crippen molar-refractivity contribution in [3.8, 4) is 0 Å². The summed E-state index contributed by atoms with van der Waals surface area (Å²) in [6.07, 6.45) is -0.570. The molecule has 1 unspecified atom stereocenters. The maximum atomic E-state index is 13.4. The van der Waals surface area contributed by atoms with Crippen molar-refractivity contribution in [1.29, 1.82) is 0 Å². The molecule has 0 heterocycles. The van der Waals surface area contributed by atoms with Crippen molar-refractivity contribution in [3.63, 3.8) is 0 Å². The Labute approximate surface area is 107 Å².